The Kier molecular flexibility index (Phi) is 11.2. The number of anilines is 1. The molecule has 0 unspecified atom stereocenters. The van der Waals surface area contributed by atoms with Crippen LogP contribution in [0.3, 0.4) is 0 Å². The van der Waals surface area contributed by atoms with E-state index in [9.17, 15) is 0 Å². The molecule has 0 spiro atoms. The van der Waals surface area contributed by atoms with E-state index in [0.29, 0.717) is 11.9 Å². The second-order valence-corrected chi connectivity index (χ2v) is 5.02. The number of aliphatic imine (C=N–C) groups is 1. The van der Waals surface area contributed by atoms with Gasteiger partial charge in [-0.15, -0.1) is 24.0 Å². The summed E-state index contributed by atoms with van der Waals surface area (Å²) in [6.45, 7) is 6.96. The highest BCUT2D eigenvalue weighted by Gasteiger charge is 1.95. The Bertz CT molecular complexity index is 365. The van der Waals surface area contributed by atoms with Crippen LogP contribution in [-0.4, -0.2) is 25.6 Å². The lowest BCUT2D eigenvalue weighted by atomic mass is 10.1. The molecule has 0 aliphatic rings. The molecule has 4 nitrogen and oxygen atoms in total. The third kappa shape index (κ3) is 9.89. The van der Waals surface area contributed by atoms with Crippen LogP contribution in [0.2, 0.25) is 0 Å². The molecule has 5 heteroatoms. The van der Waals surface area contributed by atoms with Gasteiger partial charge in [-0.3, -0.25) is 4.99 Å². The maximum Gasteiger partial charge on any atom is 0.188 e. The van der Waals surface area contributed by atoms with Gasteiger partial charge in [0.2, 0.25) is 0 Å². The molecular weight excluding hydrogens is 363 g/mol. The fourth-order valence-corrected chi connectivity index (χ4v) is 1.61. The van der Waals surface area contributed by atoms with Gasteiger partial charge in [0.05, 0.1) is 0 Å². The summed E-state index contributed by atoms with van der Waals surface area (Å²) in [6, 6.07) is 10.2. The van der Waals surface area contributed by atoms with Crippen molar-refractivity contribution in [1.82, 2.24) is 5.32 Å². The quantitative estimate of drug-likeness (QED) is 0.277. The van der Waals surface area contributed by atoms with Gasteiger partial charge in [-0.05, 0) is 30.9 Å². The Balaban J connectivity index is 0.00000361. The van der Waals surface area contributed by atoms with Crippen LogP contribution in [-0.2, 0) is 0 Å². The topological polar surface area (TPSA) is 62.4 Å². The third-order valence-electron chi connectivity index (χ3n) is 2.75. The first-order chi connectivity index (χ1) is 9.18. The molecule has 0 amide bonds. The van der Waals surface area contributed by atoms with Crippen LogP contribution in [0.15, 0.2) is 35.3 Å². The SMILES string of the molecule is CC(C)CCNC(N)=NCCCNc1ccccc1.I. The van der Waals surface area contributed by atoms with Crippen LogP contribution >= 0.6 is 24.0 Å². The summed E-state index contributed by atoms with van der Waals surface area (Å²) in [5.41, 5.74) is 6.92. The number of rotatable bonds is 8. The lowest BCUT2D eigenvalue weighted by molar-refractivity contribution is 0.576. The van der Waals surface area contributed by atoms with E-state index in [4.69, 9.17) is 5.73 Å². The molecule has 0 radical (unpaired) electrons. The van der Waals surface area contributed by atoms with E-state index in [-0.39, 0.29) is 24.0 Å². The summed E-state index contributed by atoms with van der Waals surface area (Å²) in [4.78, 5) is 4.30. The van der Waals surface area contributed by atoms with Gasteiger partial charge in [-0.2, -0.15) is 0 Å². The molecule has 0 heterocycles. The number of guanidine groups is 1. The summed E-state index contributed by atoms with van der Waals surface area (Å²) in [5.74, 6) is 1.25. The Morgan fingerprint density at radius 1 is 1.20 bits per heavy atom. The number of halogens is 1. The zero-order valence-corrected chi connectivity index (χ0v) is 14.8. The van der Waals surface area contributed by atoms with Gasteiger partial charge in [-0.25, -0.2) is 0 Å². The van der Waals surface area contributed by atoms with Gasteiger partial charge in [0, 0.05) is 25.3 Å². The minimum atomic E-state index is 0. The summed E-state index contributed by atoms with van der Waals surface area (Å²) in [6.07, 6.45) is 2.09. The first-order valence-corrected chi connectivity index (χ1v) is 7.01. The summed E-state index contributed by atoms with van der Waals surface area (Å²) in [7, 11) is 0. The van der Waals surface area contributed by atoms with Gasteiger partial charge in [0.1, 0.15) is 0 Å². The second-order valence-electron chi connectivity index (χ2n) is 5.02. The molecule has 0 atom stereocenters. The molecule has 1 aromatic carbocycles. The van der Waals surface area contributed by atoms with Crippen LogP contribution in [0.4, 0.5) is 5.69 Å². The van der Waals surface area contributed by atoms with Crippen molar-refractivity contribution in [2.75, 3.05) is 25.0 Å². The molecule has 1 rings (SSSR count). The number of nitrogens with two attached hydrogens (primary N) is 1. The summed E-state index contributed by atoms with van der Waals surface area (Å²) in [5, 5.41) is 6.48. The molecule has 20 heavy (non-hydrogen) atoms. The minimum absolute atomic E-state index is 0. The normalized spacial score (nSPS) is 11.1. The van der Waals surface area contributed by atoms with Gasteiger partial charge in [-0.1, -0.05) is 32.0 Å². The van der Waals surface area contributed by atoms with E-state index in [1.54, 1.807) is 0 Å². The van der Waals surface area contributed by atoms with Gasteiger partial charge in [0.15, 0.2) is 5.96 Å². The van der Waals surface area contributed by atoms with E-state index in [1.165, 1.54) is 0 Å². The van der Waals surface area contributed by atoms with Crippen LogP contribution < -0.4 is 16.4 Å². The summed E-state index contributed by atoms with van der Waals surface area (Å²) < 4.78 is 0. The summed E-state index contributed by atoms with van der Waals surface area (Å²) >= 11 is 0. The fourth-order valence-electron chi connectivity index (χ4n) is 1.61. The second kappa shape index (κ2) is 11.8. The molecule has 0 aliphatic carbocycles. The molecule has 0 fully saturated rings. The molecule has 4 N–H and O–H groups in total. The average Bonchev–Trinajstić information content (AvgIpc) is 2.39. The van der Waals surface area contributed by atoms with Gasteiger partial charge in [0.25, 0.3) is 0 Å². The van der Waals surface area contributed by atoms with Crippen molar-refractivity contribution < 1.29 is 0 Å². The van der Waals surface area contributed by atoms with Gasteiger partial charge >= 0.3 is 0 Å². The van der Waals surface area contributed by atoms with Crippen LogP contribution in [0, 0.1) is 5.92 Å². The monoisotopic (exact) mass is 390 g/mol. The zero-order valence-electron chi connectivity index (χ0n) is 12.4. The highest BCUT2D eigenvalue weighted by molar-refractivity contribution is 14.0. The highest BCUT2D eigenvalue weighted by Crippen LogP contribution is 2.04. The largest absolute Gasteiger partial charge is 0.385 e. The number of nitrogens with zero attached hydrogens (tertiary/aromatic N) is 1. The van der Waals surface area contributed by atoms with Crippen molar-refractivity contribution in [1.29, 1.82) is 0 Å². The van der Waals surface area contributed by atoms with E-state index < -0.39 is 0 Å². The first-order valence-electron chi connectivity index (χ1n) is 7.01. The maximum absolute atomic E-state index is 5.77. The van der Waals surface area contributed by atoms with Crippen molar-refractivity contribution in [3.05, 3.63) is 30.3 Å². The molecule has 0 aromatic heterocycles. The molecule has 1 aromatic rings. The molecule has 0 bridgehead atoms. The number of benzene rings is 1. The third-order valence-corrected chi connectivity index (χ3v) is 2.75. The van der Waals surface area contributed by atoms with Crippen molar-refractivity contribution in [2.45, 2.75) is 26.7 Å². The molecule has 0 aliphatic heterocycles. The Morgan fingerprint density at radius 2 is 1.90 bits per heavy atom. The van der Waals surface area contributed by atoms with Crippen molar-refractivity contribution in [3.8, 4) is 0 Å². The fraction of sp³-hybridized carbons (Fsp3) is 0.533. The Labute approximate surface area is 139 Å². The maximum atomic E-state index is 5.77. The lowest BCUT2D eigenvalue weighted by Crippen LogP contribution is -2.33. The number of hydrogen-bond acceptors (Lipinski definition) is 2. The highest BCUT2D eigenvalue weighted by atomic mass is 127. The van der Waals surface area contributed by atoms with E-state index in [0.717, 1.165) is 38.2 Å². The molecule has 114 valence electrons. The molecule has 0 saturated heterocycles. The van der Waals surface area contributed by atoms with E-state index in [1.807, 2.05) is 18.2 Å². The number of nitrogens with one attached hydrogen (secondary N) is 2. The standard InChI is InChI=1S/C15H26N4.HI/c1-13(2)9-12-19-15(16)18-11-6-10-17-14-7-4-3-5-8-14;/h3-5,7-8,13,17H,6,9-12H2,1-2H3,(H3,16,18,19);1H. The van der Waals surface area contributed by atoms with Crippen molar-refractivity contribution >= 4 is 35.6 Å². The Hall–Kier alpha value is -0.980. The molecule has 0 saturated carbocycles. The number of para-hydroxylation sites is 1. The molecular formula is C15H27IN4. The van der Waals surface area contributed by atoms with Crippen molar-refractivity contribution in [2.24, 2.45) is 16.6 Å². The predicted molar refractivity (Wildman–Crippen MR) is 98.9 cm³/mol. The van der Waals surface area contributed by atoms with Crippen LogP contribution in [0.1, 0.15) is 26.7 Å². The smallest absolute Gasteiger partial charge is 0.188 e. The van der Waals surface area contributed by atoms with Gasteiger partial charge < -0.3 is 16.4 Å². The lowest BCUT2D eigenvalue weighted by Gasteiger charge is -2.08. The van der Waals surface area contributed by atoms with Crippen LogP contribution in [0.25, 0.3) is 0 Å². The average molecular weight is 390 g/mol. The minimum Gasteiger partial charge on any atom is -0.385 e. The van der Waals surface area contributed by atoms with Crippen molar-refractivity contribution in [3.63, 3.8) is 0 Å². The van der Waals surface area contributed by atoms with E-state index >= 15 is 0 Å². The zero-order chi connectivity index (χ0) is 13.9. The predicted octanol–water partition coefficient (Wildman–Crippen LogP) is 3.06. The number of hydrogen-bond donors (Lipinski definition) is 3. The first kappa shape index (κ1) is 19.0. The van der Waals surface area contributed by atoms with E-state index in [2.05, 4.69) is 41.6 Å². The van der Waals surface area contributed by atoms with Crippen LogP contribution in [0.5, 0.6) is 0 Å². The Morgan fingerprint density at radius 3 is 2.55 bits per heavy atom.